The highest BCUT2D eigenvalue weighted by molar-refractivity contribution is 7.11. The summed E-state index contributed by atoms with van der Waals surface area (Å²) in [7, 11) is 4.10. The van der Waals surface area contributed by atoms with E-state index in [0.29, 0.717) is 12.5 Å². The normalized spacial score (nSPS) is 15.8. The molecule has 0 unspecified atom stereocenters. The smallest absolute Gasteiger partial charge is 0.317 e. The Morgan fingerprint density at radius 1 is 1.22 bits per heavy atom. The van der Waals surface area contributed by atoms with Gasteiger partial charge in [-0.25, -0.2) is 4.79 Å². The van der Waals surface area contributed by atoms with Crippen molar-refractivity contribution in [2.45, 2.75) is 45.6 Å². The minimum absolute atomic E-state index is 0.0866. The van der Waals surface area contributed by atoms with E-state index in [2.05, 4.69) is 29.3 Å². The van der Waals surface area contributed by atoms with E-state index >= 15 is 0 Å². The van der Waals surface area contributed by atoms with Crippen LogP contribution in [0.4, 0.5) is 4.79 Å². The van der Waals surface area contributed by atoms with Gasteiger partial charge in [0.1, 0.15) is 0 Å². The van der Waals surface area contributed by atoms with Gasteiger partial charge >= 0.3 is 6.03 Å². The van der Waals surface area contributed by atoms with Crippen molar-refractivity contribution in [3.05, 3.63) is 21.9 Å². The van der Waals surface area contributed by atoms with Crippen molar-refractivity contribution in [3.63, 3.8) is 0 Å². The van der Waals surface area contributed by atoms with Crippen molar-refractivity contribution in [2.75, 3.05) is 33.7 Å². The molecule has 2 amide bonds. The van der Waals surface area contributed by atoms with Gasteiger partial charge in [0.25, 0.3) is 0 Å². The molecule has 4 nitrogen and oxygen atoms in total. The molecule has 1 N–H and O–H groups in total. The van der Waals surface area contributed by atoms with Crippen LogP contribution in [0.3, 0.4) is 0 Å². The van der Waals surface area contributed by atoms with Crippen LogP contribution in [-0.4, -0.2) is 49.6 Å². The Morgan fingerprint density at radius 3 is 2.57 bits per heavy atom. The molecule has 2 rings (SSSR count). The van der Waals surface area contributed by atoms with Crippen molar-refractivity contribution in [3.8, 4) is 0 Å². The Kier molecular flexibility index (Phi) is 7.37. The number of urea groups is 1. The zero-order valence-electron chi connectivity index (χ0n) is 14.8. The fourth-order valence-corrected chi connectivity index (χ4v) is 3.97. The summed E-state index contributed by atoms with van der Waals surface area (Å²) in [5.41, 5.74) is 0. The summed E-state index contributed by atoms with van der Waals surface area (Å²) in [6.07, 6.45) is 6.53. The van der Waals surface area contributed by atoms with Crippen LogP contribution in [0.1, 0.15) is 41.9 Å². The molecule has 1 fully saturated rings. The number of hydrogen-bond donors (Lipinski definition) is 1. The Hall–Kier alpha value is -1.07. The molecule has 5 heteroatoms. The summed E-state index contributed by atoms with van der Waals surface area (Å²) in [4.78, 5) is 19.2. The van der Waals surface area contributed by atoms with Gasteiger partial charge in [-0.1, -0.05) is 19.3 Å². The van der Waals surface area contributed by atoms with Gasteiger partial charge in [-0.05, 0) is 51.9 Å². The summed E-state index contributed by atoms with van der Waals surface area (Å²) in [6, 6.07) is 4.35. The van der Waals surface area contributed by atoms with Crippen LogP contribution in [0.15, 0.2) is 12.1 Å². The molecule has 130 valence electrons. The van der Waals surface area contributed by atoms with Crippen LogP contribution in [0, 0.1) is 12.8 Å². The van der Waals surface area contributed by atoms with Gasteiger partial charge in [-0.2, -0.15) is 0 Å². The fourth-order valence-electron chi connectivity index (χ4n) is 3.07. The van der Waals surface area contributed by atoms with E-state index in [1.165, 1.54) is 41.9 Å². The molecule has 0 saturated heterocycles. The van der Waals surface area contributed by atoms with E-state index in [1.807, 2.05) is 19.0 Å². The maximum absolute atomic E-state index is 12.6. The Bertz CT molecular complexity index is 480. The summed E-state index contributed by atoms with van der Waals surface area (Å²) in [5, 5.41) is 3.18. The third kappa shape index (κ3) is 6.51. The molecule has 0 bridgehead atoms. The second-order valence-corrected chi connectivity index (χ2v) is 8.30. The lowest BCUT2D eigenvalue weighted by atomic mass is 9.89. The topological polar surface area (TPSA) is 35.6 Å². The number of hydrogen-bond acceptors (Lipinski definition) is 3. The first kappa shape index (κ1) is 18.3. The number of likely N-dealkylation sites (N-methyl/N-ethyl adjacent to an activating group) is 1. The van der Waals surface area contributed by atoms with E-state index in [4.69, 9.17) is 0 Å². The van der Waals surface area contributed by atoms with Gasteiger partial charge in [-0.15, -0.1) is 11.3 Å². The predicted molar refractivity (Wildman–Crippen MR) is 98.0 cm³/mol. The first-order chi connectivity index (χ1) is 11.0. The molecule has 0 radical (unpaired) electrons. The average molecular weight is 338 g/mol. The molecular formula is C18H31N3OS. The van der Waals surface area contributed by atoms with Crippen LogP contribution >= 0.6 is 11.3 Å². The van der Waals surface area contributed by atoms with E-state index < -0.39 is 0 Å². The Morgan fingerprint density at radius 2 is 1.96 bits per heavy atom. The summed E-state index contributed by atoms with van der Waals surface area (Å²) in [5.74, 6) is 0.674. The zero-order chi connectivity index (χ0) is 16.7. The molecule has 23 heavy (non-hydrogen) atoms. The molecule has 0 aromatic carbocycles. The van der Waals surface area contributed by atoms with Gasteiger partial charge < -0.3 is 15.1 Å². The molecule has 1 aliphatic carbocycles. The average Bonchev–Trinajstić information content (AvgIpc) is 2.95. The number of nitrogens with zero attached hydrogens (tertiary/aromatic N) is 2. The number of rotatable bonds is 7. The number of amides is 2. The lowest BCUT2D eigenvalue weighted by Gasteiger charge is -2.27. The predicted octanol–water partition coefficient (Wildman–Crippen LogP) is 3.71. The number of nitrogens with one attached hydrogen (secondary N) is 1. The minimum atomic E-state index is 0.0866. The molecular weight excluding hydrogens is 306 g/mol. The number of carbonyl (C=O) groups is 1. The van der Waals surface area contributed by atoms with Crippen LogP contribution in [0.2, 0.25) is 0 Å². The number of thiophene rings is 1. The quantitative estimate of drug-likeness (QED) is 0.823. The summed E-state index contributed by atoms with van der Waals surface area (Å²) >= 11 is 1.78. The van der Waals surface area contributed by atoms with E-state index in [-0.39, 0.29) is 6.03 Å². The van der Waals surface area contributed by atoms with E-state index in [9.17, 15) is 4.79 Å². The molecule has 1 aliphatic rings. The largest absolute Gasteiger partial charge is 0.338 e. The molecule has 1 saturated carbocycles. The maximum Gasteiger partial charge on any atom is 0.317 e. The van der Waals surface area contributed by atoms with Crippen LogP contribution < -0.4 is 5.32 Å². The van der Waals surface area contributed by atoms with Crippen molar-refractivity contribution in [1.82, 2.24) is 15.1 Å². The van der Waals surface area contributed by atoms with Crippen molar-refractivity contribution in [2.24, 2.45) is 5.92 Å². The van der Waals surface area contributed by atoms with Crippen molar-refractivity contribution >= 4 is 17.4 Å². The maximum atomic E-state index is 12.6. The third-order valence-electron chi connectivity index (χ3n) is 4.51. The summed E-state index contributed by atoms with van der Waals surface area (Å²) < 4.78 is 0. The van der Waals surface area contributed by atoms with E-state index in [1.54, 1.807) is 11.3 Å². The van der Waals surface area contributed by atoms with Gasteiger partial charge in [0.2, 0.25) is 0 Å². The first-order valence-corrected chi connectivity index (χ1v) is 9.59. The second kappa shape index (κ2) is 9.28. The lowest BCUT2D eigenvalue weighted by molar-refractivity contribution is 0.186. The number of aryl methyl sites for hydroxylation is 1. The fraction of sp³-hybridized carbons (Fsp3) is 0.722. The Balaban J connectivity index is 1.87. The monoisotopic (exact) mass is 337 g/mol. The third-order valence-corrected chi connectivity index (χ3v) is 5.50. The standard InChI is InChI=1S/C18H31N3OS/c1-15-9-10-17(23-15)14-21(12-11-20(2)3)18(22)19-13-16-7-5-4-6-8-16/h9-10,16H,4-8,11-14H2,1-3H3,(H,19,22). The lowest BCUT2D eigenvalue weighted by Crippen LogP contribution is -2.44. The second-order valence-electron chi connectivity index (χ2n) is 6.93. The molecule has 0 atom stereocenters. The van der Waals surface area contributed by atoms with Gasteiger partial charge in [0.05, 0.1) is 6.54 Å². The van der Waals surface area contributed by atoms with Crippen molar-refractivity contribution < 1.29 is 4.79 Å². The highest BCUT2D eigenvalue weighted by Gasteiger charge is 2.18. The molecule has 0 spiro atoms. The summed E-state index contributed by atoms with van der Waals surface area (Å²) in [6.45, 7) is 5.31. The molecule has 0 aliphatic heterocycles. The van der Waals surface area contributed by atoms with Crippen LogP contribution in [0.25, 0.3) is 0 Å². The number of carbonyl (C=O) groups excluding carboxylic acids is 1. The zero-order valence-corrected chi connectivity index (χ0v) is 15.6. The van der Waals surface area contributed by atoms with Crippen LogP contribution in [0.5, 0.6) is 0 Å². The van der Waals surface area contributed by atoms with Gasteiger partial charge in [0, 0.05) is 29.4 Å². The highest BCUT2D eigenvalue weighted by Crippen LogP contribution is 2.23. The van der Waals surface area contributed by atoms with E-state index in [0.717, 1.165) is 19.6 Å². The molecule has 1 aromatic rings. The minimum Gasteiger partial charge on any atom is -0.338 e. The molecule has 1 aromatic heterocycles. The highest BCUT2D eigenvalue weighted by atomic mass is 32.1. The van der Waals surface area contributed by atoms with Crippen LogP contribution in [-0.2, 0) is 6.54 Å². The SMILES string of the molecule is Cc1ccc(CN(CCN(C)C)C(=O)NCC2CCCCC2)s1. The molecule has 1 heterocycles. The first-order valence-electron chi connectivity index (χ1n) is 8.77. The van der Waals surface area contributed by atoms with Gasteiger partial charge in [-0.3, -0.25) is 0 Å². The Labute approximate surface area is 144 Å². The van der Waals surface area contributed by atoms with Gasteiger partial charge in [0.15, 0.2) is 0 Å². The van der Waals surface area contributed by atoms with Crippen molar-refractivity contribution in [1.29, 1.82) is 0 Å².